The summed E-state index contributed by atoms with van der Waals surface area (Å²) < 4.78 is 35.9. The molecule has 1 unspecified atom stereocenters. The van der Waals surface area contributed by atoms with Crippen molar-refractivity contribution in [2.45, 2.75) is 44.7 Å². The lowest BCUT2D eigenvalue weighted by Crippen LogP contribution is -2.60. The van der Waals surface area contributed by atoms with Crippen molar-refractivity contribution in [1.82, 2.24) is 0 Å². The van der Waals surface area contributed by atoms with Crippen molar-refractivity contribution in [3.63, 3.8) is 0 Å². The van der Waals surface area contributed by atoms with E-state index >= 15 is 0 Å². The van der Waals surface area contributed by atoms with Crippen LogP contribution in [0.5, 0.6) is 0 Å². The summed E-state index contributed by atoms with van der Waals surface area (Å²) in [5.41, 5.74) is 0.117. The van der Waals surface area contributed by atoms with E-state index in [4.69, 9.17) is 0 Å². The van der Waals surface area contributed by atoms with Crippen LogP contribution in [0, 0.1) is 21.6 Å². The van der Waals surface area contributed by atoms with Gasteiger partial charge in [0.15, 0.2) is 0 Å². The van der Waals surface area contributed by atoms with Gasteiger partial charge in [0, 0.05) is 5.16 Å². The summed E-state index contributed by atoms with van der Waals surface area (Å²) in [4.78, 5) is 0. The van der Waals surface area contributed by atoms with Gasteiger partial charge in [-0.25, -0.2) is 0 Å². The molecule has 0 heterocycles. The average molecular weight is 255 g/mol. The monoisotopic (exact) mass is 254 g/mol. The zero-order valence-corrected chi connectivity index (χ0v) is 10.7. The standard InChI is InChI=1S/C9H16ClO4P/c1-8(2)7-3-5-9(8,6-4-7)15-14-10(11,12)13/h7,15H,3-6H2,1-2H3. The lowest BCUT2D eigenvalue weighted by Gasteiger charge is -2.35. The van der Waals surface area contributed by atoms with Gasteiger partial charge in [0.25, 0.3) is 0 Å². The molecule has 0 aromatic carbocycles. The van der Waals surface area contributed by atoms with Gasteiger partial charge in [0.05, 0.1) is 14.3 Å². The first kappa shape index (κ1) is 12.0. The van der Waals surface area contributed by atoms with Crippen LogP contribution in [0.4, 0.5) is 0 Å². The molecule has 4 nitrogen and oxygen atoms in total. The normalized spacial score (nSPS) is 39.4. The molecular weight excluding hydrogens is 239 g/mol. The Hall–Kier alpha value is 0.560. The van der Waals surface area contributed by atoms with Crippen LogP contribution in [-0.2, 0) is 4.08 Å². The Morgan fingerprint density at radius 2 is 1.73 bits per heavy atom. The number of halogens is 1. The fourth-order valence-corrected chi connectivity index (χ4v) is 5.15. The Morgan fingerprint density at radius 3 is 2.07 bits per heavy atom. The Balaban J connectivity index is 2.07. The molecule has 1 atom stereocenters. The second-order valence-corrected chi connectivity index (χ2v) is 7.67. The zero-order chi connectivity index (χ0) is 11.3. The van der Waals surface area contributed by atoms with E-state index in [1.807, 2.05) is 0 Å². The zero-order valence-electron chi connectivity index (χ0n) is 8.92. The highest BCUT2D eigenvalue weighted by molar-refractivity contribution is 7.34. The van der Waals surface area contributed by atoms with Gasteiger partial charge < -0.3 is 0 Å². The van der Waals surface area contributed by atoms with Crippen LogP contribution in [0.25, 0.3) is 0 Å². The van der Waals surface area contributed by atoms with E-state index in [1.165, 1.54) is 0 Å². The van der Waals surface area contributed by atoms with Crippen LogP contribution < -0.4 is 14.0 Å². The maximum atomic E-state index is 10.5. The van der Waals surface area contributed by atoms with Gasteiger partial charge in [-0.3, -0.25) is 0 Å². The summed E-state index contributed by atoms with van der Waals surface area (Å²) in [6.07, 6.45) is 4.26. The molecule has 6 heteroatoms. The molecule has 2 aliphatic carbocycles. The number of hydrogen-bond acceptors (Lipinski definition) is 4. The topological polar surface area (TPSA) is 78.4 Å². The Morgan fingerprint density at radius 1 is 1.20 bits per heavy atom. The van der Waals surface area contributed by atoms with E-state index in [2.05, 4.69) is 17.9 Å². The third-order valence-corrected chi connectivity index (χ3v) is 7.02. The average Bonchev–Trinajstić information content (AvgIpc) is 2.50. The Bertz CT molecular complexity index is 255. The van der Waals surface area contributed by atoms with Gasteiger partial charge in [-0.1, -0.05) is 13.8 Å². The highest BCUT2D eigenvalue weighted by Gasteiger charge is 2.61. The molecule has 0 N–H and O–H groups in total. The minimum absolute atomic E-state index is 0.0673. The first-order valence-electron chi connectivity index (χ1n) is 5.13. The third kappa shape index (κ3) is 1.92. The van der Waals surface area contributed by atoms with E-state index in [1.54, 1.807) is 0 Å². The van der Waals surface area contributed by atoms with Crippen LogP contribution >= 0.6 is 8.81 Å². The lowest BCUT2D eigenvalue weighted by atomic mass is 9.81. The first-order chi connectivity index (χ1) is 6.77. The van der Waals surface area contributed by atoms with Gasteiger partial charge in [-0.15, -0.1) is 0 Å². The van der Waals surface area contributed by atoms with Crippen molar-refractivity contribution < 1.29 is 28.3 Å². The van der Waals surface area contributed by atoms with Crippen molar-refractivity contribution >= 4 is 8.81 Å². The van der Waals surface area contributed by atoms with E-state index in [0.29, 0.717) is 5.92 Å². The van der Waals surface area contributed by atoms with E-state index < -0.39 is 10.2 Å². The summed E-state index contributed by atoms with van der Waals surface area (Å²) in [6, 6.07) is 0. The van der Waals surface area contributed by atoms with Gasteiger partial charge in [-0.05, 0) is 37.0 Å². The van der Waals surface area contributed by atoms with Crippen LogP contribution in [0.3, 0.4) is 0 Å². The quantitative estimate of drug-likeness (QED) is 0.634. The molecule has 2 aliphatic rings. The summed E-state index contributed by atoms with van der Waals surface area (Å²) >= 11 is 0. The van der Waals surface area contributed by atoms with Crippen LogP contribution in [0.2, 0.25) is 0 Å². The van der Waals surface area contributed by atoms with Crippen molar-refractivity contribution in [3.8, 4) is 0 Å². The minimum atomic E-state index is -4.26. The fraction of sp³-hybridized carbons (Fsp3) is 1.00. The molecular formula is C9H16ClO4P. The van der Waals surface area contributed by atoms with Gasteiger partial charge >= 0.3 is 0 Å². The first-order valence-corrected chi connectivity index (χ1v) is 7.28. The largest absolute Gasteiger partial charge is 0.208 e. The predicted octanol–water partition coefficient (Wildman–Crippen LogP) is -0.537. The second kappa shape index (κ2) is 3.52. The van der Waals surface area contributed by atoms with E-state index in [9.17, 15) is 14.0 Å². The maximum Gasteiger partial charge on any atom is 0.208 e. The van der Waals surface area contributed by atoms with Crippen molar-refractivity contribution in [2.75, 3.05) is 0 Å². The summed E-state index contributed by atoms with van der Waals surface area (Å²) in [5.74, 6) is 0.666. The van der Waals surface area contributed by atoms with Gasteiger partial charge in [0.2, 0.25) is 8.81 Å². The fourth-order valence-electron chi connectivity index (χ4n) is 3.22. The highest BCUT2D eigenvalue weighted by Crippen LogP contribution is 2.68. The van der Waals surface area contributed by atoms with Crippen molar-refractivity contribution in [1.29, 1.82) is 0 Å². The van der Waals surface area contributed by atoms with E-state index in [0.717, 1.165) is 25.7 Å². The predicted molar refractivity (Wildman–Crippen MR) is 47.9 cm³/mol. The van der Waals surface area contributed by atoms with E-state index in [-0.39, 0.29) is 19.4 Å². The van der Waals surface area contributed by atoms with Crippen LogP contribution in [-0.4, -0.2) is 5.16 Å². The molecule has 15 heavy (non-hydrogen) atoms. The number of hydrogen-bond donors (Lipinski definition) is 0. The number of fused-ring (bicyclic) bond motifs is 2. The maximum absolute atomic E-state index is 10.5. The highest BCUT2D eigenvalue weighted by atomic mass is 35.7. The summed E-state index contributed by atoms with van der Waals surface area (Å²) in [7, 11) is -4.47. The minimum Gasteiger partial charge on any atom is -0.183 e. The van der Waals surface area contributed by atoms with Crippen molar-refractivity contribution in [2.24, 2.45) is 11.3 Å². The molecule has 0 spiro atoms. The third-order valence-electron chi connectivity index (χ3n) is 4.42. The molecule has 2 saturated carbocycles. The van der Waals surface area contributed by atoms with Gasteiger partial charge in [0.1, 0.15) is 0 Å². The molecule has 0 aromatic heterocycles. The Kier molecular flexibility index (Phi) is 2.83. The second-order valence-electron chi connectivity index (χ2n) is 5.14. The lowest BCUT2D eigenvalue weighted by molar-refractivity contribution is -1.91. The molecule has 0 aliphatic heterocycles. The molecule has 2 bridgehead atoms. The molecule has 0 saturated heterocycles. The van der Waals surface area contributed by atoms with Crippen LogP contribution in [0.1, 0.15) is 39.5 Å². The van der Waals surface area contributed by atoms with Crippen LogP contribution in [0.15, 0.2) is 0 Å². The summed E-state index contributed by atoms with van der Waals surface area (Å²) in [5, 5.41) is -0.0673. The smallest absolute Gasteiger partial charge is 0.183 e. The van der Waals surface area contributed by atoms with Gasteiger partial charge in [-0.2, -0.15) is 14.0 Å². The molecule has 0 radical (unpaired) electrons. The molecule has 0 amide bonds. The number of rotatable bonds is 3. The molecule has 0 aromatic rings. The Labute approximate surface area is 93.6 Å². The van der Waals surface area contributed by atoms with Crippen molar-refractivity contribution in [3.05, 3.63) is 0 Å². The molecule has 2 rings (SSSR count). The SMILES string of the molecule is CC1(C)C2CCC1(PO[Cl+3]([O-])([O-])[O-])CC2. The molecule has 2 fully saturated rings. The summed E-state index contributed by atoms with van der Waals surface area (Å²) in [6.45, 7) is 4.34. The molecule has 88 valence electrons.